The van der Waals surface area contributed by atoms with Crippen LogP contribution in [0.4, 0.5) is 0 Å². The second-order valence-electron chi connectivity index (χ2n) is 6.02. The van der Waals surface area contributed by atoms with Crippen molar-refractivity contribution in [1.82, 2.24) is 24.6 Å². The van der Waals surface area contributed by atoms with Crippen LogP contribution in [0.3, 0.4) is 0 Å². The molecule has 3 aromatic heterocycles. The second-order valence-corrected chi connectivity index (χ2v) is 6.02. The first-order valence-electron chi connectivity index (χ1n) is 7.74. The molecule has 0 spiro atoms. The fraction of sp³-hybridized carbons (Fsp3) is 0.294. The molecular weight excluding hydrogens is 274 g/mol. The monoisotopic (exact) mass is 289 g/mol. The van der Waals surface area contributed by atoms with Gasteiger partial charge in [-0.2, -0.15) is 5.10 Å². The van der Waals surface area contributed by atoms with Crippen LogP contribution >= 0.6 is 0 Å². The molecule has 22 heavy (non-hydrogen) atoms. The van der Waals surface area contributed by atoms with Gasteiger partial charge in [-0.15, -0.1) is 0 Å². The smallest absolute Gasteiger partial charge is 0.155 e. The van der Waals surface area contributed by atoms with E-state index in [2.05, 4.69) is 27.2 Å². The molecule has 0 saturated heterocycles. The van der Waals surface area contributed by atoms with Gasteiger partial charge in [-0.25, -0.2) is 19.5 Å². The first kappa shape index (κ1) is 12.0. The first-order valence-corrected chi connectivity index (χ1v) is 7.74. The first-order chi connectivity index (χ1) is 10.9. The van der Waals surface area contributed by atoms with Gasteiger partial charge in [-0.3, -0.25) is 0 Å². The standard InChI is InChI=1S/C17H15N5/c1-2-11(3-1)17-18-8-14-13(5-6-15(14)21-17)12-4-7-16-19-10-20-22(16)9-12/h4-5,7-11H,1-3,6H2. The van der Waals surface area contributed by atoms with Crippen LogP contribution in [0.2, 0.25) is 0 Å². The maximum atomic E-state index is 4.81. The molecule has 0 atom stereocenters. The Balaban J connectivity index is 1.55. The summed E-state index contributed by atoms with van der Waals surface area (Å²) in [5.41, 5.74) is 5.51. The summed E-state index contributed by atoms with van der Waals surface area (Å²) >= 11 is 0. The molecule has 0 bridgehead atoms. The molecule has 0 amide bonds. The lowest BCUT2D eigenvalue weighted by molar-refractivity contribution is 0.400. The van der Waals surface area contributed by atoms with Crippen molar-refractivity contribution in [3.05, 3.63) is 59.6 Å². The minimum absolute atomic E-state index is 0.584. The summed E-state index contributed by atoms with van der Waals surface area (Å²) < 4.78 is 1.80. The summed E-state index contributed by atoms with van der Waals surface area (Å²) in [5.74, 6) is 1.62. The van der Waals surface area contributed by atoms with Crippen LogP contribution in [0.15, 0.2) is 36.9 Å². The van der Waals surface area contributed by atoms with Gasteiger partial charge in [-0.05, 0) is 30.5 Å². The third-order valence-electron chi connectivity index (χ3n) is 4.73. The molecule has 5 nitrogen and oxygen atoms in total. The van der Waals surface area contributed by atoms with E-state index in [1.807, 2.05) is 18.5 Å². The summed E-state index contributed by atoms with van der Waals surface area (Å²) in [5, 5.41) is 4.21. The molecule has 0 radical (unpaired) electrons. The highest BCUT2D eigenvalue weighted by Gasteiger charge is 2.25. The Morgan fingerprint density at radius 1 is 1.14 bits per heavy atom. The van der Waals surface area contributed by atoms with E-state index < -0.39 is 0 Å². The topological polar surface area (TPSA) is 56.0 Å². The summed E-state index contributed by atoms with van der Waals surface area (Å²) in [4.78, 5) is 13.6. The molecule has 5 rings (SSSR count). The van der Waals surface area contributed by atoms with Crippen molar-refractivity contribution in [2.24, 2.45) is 0 Å². The van der Waals surface area contributed by atoms with Crippen molar-refractivity contribution in [2.45, 2.75) is 31.6 Å². The summed E-state index contributed by atoms with van der Waals surface area (Å²) in [6.07, 6.45) is 12.5. The highest BCUT2D eigenvalue weighted by atomic mass is 15.3. The summed E-state index contributed by atoms with van der Waals surface area (Å²) in [6, 6.07) is 4.08. The van der Waals surface area contributed by atoms with Gasteiger partial charge in [0.2, 0.25) is 0 Å². The van der Waals surface area contributed by atoms with Crippen LogP contribution in [-0.2, 0) is 6.42 Å². The molecule has 1 saturated carbocycles. The normalized spacial score (nSPS) is 17.4. The lowest BCUT2D eigenvalue weighted by atomic mass is 9.85. The van der Waals surface area contributed by atoms with E-state index in [4.69, 9.17) is 4.98 Å². The van der Waals surface area contributed by atoms with E-state index in [0.29, 0.717) is 5.92 Å². The van der Waals surface area contributed by atoms with Gasteiger partial charge >= 0.3 is 0 Å². The highest BCUT2D eigenvalue weighted by Crippen LogP contribution is 2.37. The number of rotatable bonds is 2. The Labute approximate surface area is 127 Å². The van der Waals surface area contributed by atoms with Crippen LogP contribution in [-0.4, -0.2) is 24.6 Å². The fourth-order valence-corrected chi connectivity index (χ4v) is 3.23. The molecule has 2 aliphatic rings. The molecule has 3 heterocycles. The summed E-state index contributed by atoms with van der Waals surface area (Å²) in [6.45, 7) is 0. The average molecular weight is 289 g/mol. The minimum atomic E-state index is 0.584. The second kappa shape index (κ2) is 4.47. The predicted molar refractivity (Wildman–Crippen MR) is 82.4 cm³/mol. The quantitative estimate of drug-likeness (QED) is 0.728. The van der Waals surface area contributed by atoms with E-state index in [0.717, 1.165) is 34.7 Å². The number of allylic oxidation sites excluding steroid dienone is 1. The molecule has 0 aromatic carbocycles. The van der Waals surface area contributed by atoms with Crippen molar-refractivity contribution < 1.29 is 0 Å². The SMILES string of the molecule is C1=C(c2ccc3ncnn3c2)c2cnc(C3CCC3)nc2C1. The predicted octanol–water partition coefficient (Wildman–Crippen LogP) is 2.77. The minimum Gasteiger partial charge on any atom is -0.240 e. The largest absolute Gasteiger partial charge is 0.240 e. The third-order valence-corrected chi connectivity index (χ3v) is 4.73. The third kappa shape index (κ3) is 1.71. The highest BCUT2D eigenvalue weighted by molar-refractivity contribution is 5.83. The van der Waals surface area contributed by atoms with Crippen molar-refractivity contribution in [1.29, 1.82) is 0 Å². The van der Waals surface area contributed by atoms with Crippen LogP contribution in [0, 0.1) is 0 Å². The zero-order chi connectivity index (χ0) is 14.5. The van der Waals surface area contributed by atoms with E-state index in [-0.39, 0.29) is 0 Å². The zero-order valence-corrected chi connectivity index (χ0v) is 12.1. The molecule has 3 aromatic rings. The van der Waals surface area contributed by atoms with Gasteiger partial charge in [0.05, 0.1) is 5.69 Å². The molecule has 0 aliphatic heterocycles. The average Bonchev–Trinajstić information content (AvgIpc) is 3.10. The van der Waals surface area contributed by atoms with Crippen molar-refractivity contribution in [3.63, 3.8) is 0 Å². The maximum absolute atomic E-state index is 4.81. The Kier molecular flexibility index (Phi) is 2.44. The van der Waals surface area contributed by atoms with E-state index >= 15 is 0 Å². The van der Waals surface area contributed by atoms with Gasteiger partial charge in [0.1, 0.15) is 12.2 Å². The molecular formula is C17H15N5. The van der Waals surface area contributed by atoms with Crippen molar-refractivity contribution in [2.75, 3.05) is 0 Å². The number of fused-ring (bicyclic) bond motifs is 2. The van der Waals surface area contributed by atoms with Crippen molar-refractivity contribution >= 4 is 11.2 Å². The van der Waals surface area contributed by atoms with Crippen molar-refractivity contribution in [3.8, 4) is 0 Å². The van der Waals surface area contributed by atoms with Crippen LogP contribution < -0.4 is 0 Å². The molecule has 2 aliphatic carbocycles. The van der Waals surface area contributed by atoms with Crippen LogP contribution in [0.1, 0.15) is 47.8 Å². The zero-order valence-electron chi connectivity index (χ0n) is 12.1. The Morgan fingerprint density at radius 2 is 2.09 bits per heavy atom. The van der Waals surface area contributed by atoms with Gasteiger partial charge in [-0.1, -0.05) is 12.5 Å². The van der Waals surface area contributed by atoms with Gasteiger partial charge < -0.3 is 0 Å². The van der Waals surface area contributed by atoms with E-state index in [1.54, 1.807) is 10.8 Å². The number of hydrogen-bond acceptors (Lipinski definition) is 4. The molecule has 0 N–H and O–H groups in total. The van der Waals surface area contributed by atoms with Crippen LogP contribution in [0.25, 0.3) is 11.2 Å². The number of aromatic nitrogens is 5. The van der Waals surface area contributed by atoms with E-state index in [1.165, 1.54) is 24.8 Å². The Bertz CT molecular complexity index is 904. The van der Waals surface area contributed by atoms with Gasteiger partial charge in [0, 0.05) is 35.9 Å². The molecule has 5 heteroatoms. The lowest BCUT2D eigenvalue weighted by Crippen LogP contribution is -2.13. The molecule has 108 valence electrons. The lowest BCUT2D eigenvalue weighted by Gasteiger charge is -2.24. The van der Waals surface area contributed by atoms with Crippen LogP contribution in [0.5, 0.6) is 0 Å². The Hall–Kier alpha value is -2.56. The number of nitrogens with zero attached hydrogens (tertiary/aromatic N) is 5. The fourth-order valence-electron chi connectivity index (χ4n) is 3.23. The maximum Gasteiger partial charge on any atom is 0.155 e. The van der Waals surface area contributed by atoms with Gasteiger partial charge in [0.25, 0.3) is 0 Å². The van der Waals surface area contributed by atoms with Gasteiger partial charge in [0.15, 0.2) is 5.65 Å². The Morgan fingerprint density at radius 3 is 2.95 bits per heavy atom. The van der Waals surface area contributed by atoms with E-state index in [9.17, 15) is 0 Å². The number of pyridine rings is 1. The molecule has 1 fully saturated rings. The molecule has 0 unspecified atom stereocenters. The number of hydrogen-bond donors (Lipinski definition) is 0. The summed E-state index contributed by atoms with van der Waals surface area (Å²) in [7, 11) is 0.